The number of fused-ring (bicyclic) bond motifs is 1. The molecule has 0 aromatic heterocycles. The van der Waals surface area contributed by atoms with E-state index in [0.717, 1.165) is 13.1 Å². The maximum absolute atomic E-state index is 12.2. The van der Waals surface area contributed by atoms with Gasteiger partial charge in [0.2, 0.25) is 10.0 Å². The van der Waals surface area contributed by atoms with Gasteiger partial charge in [-0.2, -0.15) is 4.31 Å². The molecule has 0 spiro atoms. The van der Waals surface area contributed by atoms with E-state index in [2.05, 4.69) is 10.1 Å². The van der Waals surface area contributed by atoms with Gasteiger partial charge in [-0.15, -0.1) is 0 Å². The van der Waals surface area contributed by atoms with E-state index in [1.807, 2.05) is 6.92 Å². The Morgan fingerprint density at radius 2 is 2.17 bits per heavy atom. The zero-order valence-corrected chi connectivity index (χ0v) is 11.6. The number of esters is 1. The second-order valence-electron chi connectivity index (χ2n) is 5.03. The summed E-state index contributed by atoms with van der Waals surface area (Å²) in [6, 6.07) is 0.0210. The molecule has 2 aliphatic heterocycles. The van der Waals surface area contributed by atoms with E-state index in [9.17, 15) is 13.2 Å². The standard InChI is InChI=1S/C11H20N2O4S/c1-8-10-6-12-5-9(10)7-13(8)18(15,16)4-3-11(14)17-2/h8-10,12H,3-7H2,1-2H3. The molecule has 2 saturated heterocycles. The highest BCUT2D eigenvalue weighted by atomic mass is 32.2. The van der Waals surface area contributed by atoms with Crippen LogP contribution in [-0.4, -0.2) is 57.2 Å². The van der Waals surface area contributed by atoms with Crippen molar-refractivity contribution >= 4 is 16.0 Å². The molecule has 3 unspecified atom stereocenters. The minimum absolute atomic E-state index is 0.0210. The van der Waals surface area contributed by atoms with Gasteiger partial charge in [-0.3, -0.25) is 4.79 Å². The van der Waals surface area contributed by atoms with Crippen molar-refractivity contribution in [2.24, 2.45) is 11.8 Å². The van der Waals surface area contributed by atoms with Crippen molar-refractivity contribution in [2.45, 2.75) is 19.4 Å². The molecule has 6 nitrogen and oxygen atoms in total. The minimum atomic E-state index is -3.35. The van der Waals surface area contributed by atoms with Crippen LogP contribution in [0.5, 0.6) is 0 Å². The Morgan fingerprint density at radius 3 is 2.78 bits per heavy atom. The predicted molar refractivity (Wildman–Crippen MR) is 66.4 cm³/mol. The molecule has 7 heteroatoms. The normalized spacial score (nSPS) is 32.4. The number of ether oxygens (including phenoxy) is 1. The van der Waals surface area contributed by atoms with Gasteiger partial charge in [-0.05, 0) is 31.8 Å². The van der Waals surface area contributed by atoms with Crippen LogP contribution in [0.2, 0.25) is 0 Å². The molecule has 2 aliphatic rings. The van der Waals surface area contributed by atoms with Gasteiger partial charge in [0.1, 0.15) is 0 Å². The highest BCUT2D eigenvalue weighted by Gasteiger charge is 2.46. The molecule has 1 N–H and O–H groups in total. The fourth-order valence-electron chi connectivity index (χ4n) is 2.93. The van der Waals surface area contributed by atoms with Crippen molar-refractivity contribution in [1.29, 1.82) is 0 Å². The molecule has 0 amide bonds. The number of rotatable bonds is 4. The van der Waals surface area contributed by atoms with Crippen LogP contribution < -0.4 is 5.32 Å². The van der Waals surface area contributed by atoms with Gasteiger partial charge in [0.25, 0.3) is 0 Å². The third kappa shape index (κ3) is 2.53. The number of sulfonamides is 1. The number of hydrogen-bond donors (Lipinski definition) is 1. The van der Waals surface area contributed by atoms with Crippen molar-refractivity contribution in [3.8, 4) is 0 Å². The van der Waals surface area contributed by atoms with Gasteiger partial charge in [-0.25, -0.2) is 8.42 Å². The van der Waals surface area contributed by atoms with Gasteiger partial charge < -0.3 is 10.1 Å². The summed E-state index contributed by atoms with van der Waals surface area (Å²) in [5.74, 6) is 0.176. The lowest BCUT2D eigenvalue weighted by molar-refractivity contribution is -0.140. The van der Waals surface area contributed by atoms with E-state index in [0.29, 0.717) is 18.4 Å². The van der Waals surface area contributed by atoms with Crippen LogP contribution in [0.15, 0.2) is 0 Å². The number of methoxy groups -OCH3 is 1. The van der Waals surface area contributed by atoms with E-state index >= 15 is 0 Å². The van der Waals surface area contributed by atoms with Crippen LogP contribution >= 0.6 is 0 Å². The lowest BCUT2D eigenvalue weighted by Gasteiger charge is -2.23. The second-order valence-corrected chi connectivity index (χ2v) is 7.08. The molecule has 18 heavy (non-hydrogen) atoms. The largest absolute Gasteiger partial charge is 0.469 e. The number of nitrogens with zero attached hydrogens (tertiary/aromatic N) is 1. The summed E-state index contributed by atoms with van der Waals surface area (Å²) in [6.45, 7) is 4.29. The highest BCUT2D eigenvalue weighted by molar-refractivity contribution is 7.89. The van der Waals surface area contributed by atoms with E-state index in [1.165, 1.54) is 7.11 Å². The van der Waals surface area contributed by atoms with Crippen LogP contribution in [0.4, 0.5) is 0 Å². The predicted octanol–water partition coefficient (Wildman–Crippen LogP) is -0.581. The molecule has 0 aliphatic carbocycles. The molecule has 3 atom stereocenters. The van der Waals surface area contributed by atoms with Crippen LogP contribution in [0, 0.1) is 11.8 Å². The van der Waals surface area contributed by atoms with Crippen molar-refractivity contribution in [3.63, 3.8) is 0 Å². The zero-order valence-electron chi connectivity index (χ0n) is 10.8. The number of carbonyl (C=O) groups excluding carboxylic acids is 1. The Bertz CT molecular complexity index is 423. The van der Waals surface area contributed by atoms with E-state index in [1.54, 1.807) is 4.31 Å². The fraction of sp³-hybridized carbons (Fsp3) is 0.909. The lowest BCUT2D eigenvalue weighted by atomic mass is 9.95. The fourth-order valence-corrected chi connectivity index (χ4v) is 4.67. The molecular formula is C11H20N2O4S. The Balaban J connectivity index is 2.00. The molecule has 0 saturated carbocycles. The summed E-state index contributed by atoms with van der Waals surface area (Å²) in [7, 11) is -2.08. The summed E-state index contributed by atoms with van der Waals surface area (Å²) in [6.07, 6.45) is -0.0738. The van der Waals surface area contributed by atoms with Crippen LogP contribution in [0.25, 0.3) is 0 Å². The number of nitrogens with one attached hydrogen (secondary N) is 1. The maximum atomic E-state index is 12.2. The van der Waals surface area contributed by atoms with E-state index in [4.69, 9.17) is 0 Å². The summed E-state index contributed by atoms with van der Waals surface area (Å²) in [5.41, 5.74) is 0. The zero-order chi connectivity index (χ0) is 13.3. The Morgan fingerprint density at radius 1 is 1.44 bits per heavy atom. The first kappa shape index (κ1) is 13.8. The molecule has 0 aromatic rings. The molecule has 0 aromatic carbocycles. The summed E-state index contributed by atoms with van der Waals surface area (Å²) >= 11 is 0. The SMILES string of the molecule is COC(=O)CCS(=O)(=O)N1CC2CNCC2C1C. The van der Waals surface area contributed by atoms with Crippen molar-refractivity contribution in [1.82, 2.24) is 9.62 Å². The molecule has 2 fully saturated rings. The minimum Gasteiger partial charge on any atom is -0.469 e. The first-order valence-corrected chi connectivity index (χ1v) is 7.83. The van der Waals surface area contributed by atoms with Crippen LogP contribution in [-0.2, 0) is 19.6 Å². The van der Waals surface area contributed by atoms with Crippen LogP contribution in [0.1, 0.15) is 13.3 Å². The first-order chi connectivity index (χ1) is 8.45. The van der Waals surface area contributed by atoms with E-state index < -0.39 is 16.0 Å². The summed E-state index contributed by atoms with van der Waals surface area (Å²) in [4.78, 5) is 11.0. The van der Waals surface area contributed by atoms with Gasteiger partial charge >= 0.3 is 5.97 Å². The van der Waals surface area contributed by atoms with Crippen molar-refractivity contribution in [3.05, 3.63) is 0 Å². The average Bonchev–Trinajstić information content (AvgIpc) is 2.90. The van der Waals surface area contributed by atoms with E-state index in [-0.39, 0.29) is 18.2 Å². The Kier molecular flexibility index (Phi) is 3.93. The Labute approximate surface area is 108 Å². The van der Waals surface area contributed by atoms with Crippen LogP contribution in [0.3, 0.4) is 0 Å². The number of hydrogen-bond acceptors (Lipinski definition) is 5. The third-order valence-corrected chi connectivity index (χ3v) is 5.95. The van der Waals surface area contributed by atoms with Gasteiger partial charge in [-0.1, -0.05) is 0 Å². The van der Waals surface area contributed by atoms with Gasteiger partial charge in [0, 0.05) is 12.6 Å². The molecule has 0 bridgehead atoms. The highest BCUT2D eigenvalue weighted by Crippen LogP contribution is 2.34. The Hall–Kier alpha value is -0.660. The monoisotopic (exact) mass is 276 g/mol. The third-order valence-electron chi connectivity index (χ3n) is 4.03. The molecule has 0 radical (unpaired) electrons. The van der Waals surface area contributed by atoms with Gasteiger partial charge in [0.05, 0.1) is 19.3 Å². The maximum Gasteiger partial charge on any atom is 0.306 e. The summed E-state index contributed by atoms with van der Waals surface area (Å²) < 4.78 is 30.4. The lowest BCUT2D eigenvalue weighted by Crippen LogP contribution is -2.39. The quantitative estimate of drug-likeness (QED) is 0.695. The molecular weight excluding hydrogens is 256 g/mol. The average molecular weight is 276 g/mol. The van der Waals surface area contributed by atoms with Crippen molar-refractivity contribution in [2.75, 3.05) is 32.5 Å². The molecule has 2 heterocycles. The second kappa shape index (κ2) is 5.14. The summed E-state index contributed by atoms with van der Waals surface area (Å²) in [5, 5.41) is 3.29. The molecule has 2 rings (SSSR count). The van der Waals surface area contributed by atoms with Gasteiger partial charge in [0.15, 0.2) is 0 Å². The number of carbonyl (C=O) groups is 1. The topological polar surface area (TPSA) is 75.7 Å². The van der Waals surface area contributed by atoms with Crippen molar-refractivity contribution < 1.29 is 17.9 Å². The smallest absolute Gasteiger partial charge is 0.306 e. The molecule has 104 valence electrons. The first-order valence-electron chi connectivity index (χ1n) is 6.22.